The molecular formula is C36H44ClN5O4. The topological polar surface area (TPSA) is 92.9 Å². The smallest absolute Gasteiger partial charge is 0.270 e. The summed E-state index contributed by atoms with van der Waals surface area (Å²) in [5.41, 5.74) is 3.97. The summed E-state index contributed by atoms with van der Waals surface area (Å²) in [5, 5.41) is 17.0. The number of piperidine rings is 1. The van der Waals surface area contributed by atoms with E-state index in [1.165, 1.54) is 24.8 Å². The Hall–Kier alpha value is -3.66. The number of nitro benzene ring substituents is 1. The number of ether oxygens (including phenoxy) is 1. The molecular weight excluding hydrogens is 602 g/mol. The molecule has 1 N–H and O–H groups in total. The molecule has 0 unspecified atom stereocenters. The Morgan fingerprint density at radius 1 is 1.02 bits per heavy atom. The van der Waals surface area contributed by atoms with Gasteiger partial charge in [-0.15, -0.1) is 0 Å². The Labute approximate surface area is 275 Å². The summed E-state index contributed by atoms with van der Waals surface area (Å²) in [6.07, 6.45) is 7.63. The Bertz CT molecular complexity index is 1740. The van der Waals surface area contributed by atoms with Crippen LogP contribution in [0.25, 0.3) is 21.8 Å². The zero-order chi connectivity index (χ0) is 32.4. The highest BCUT2D eigenvalue weighted by molar-refractivity contribution is 6.32. The summed E-state index contributed by atoms with van der Waals surface area (Å²) in [4.78, 5) is 28.8. The first-order chi connectivity index (χ1) is 22.2. The largest absolute Gasteiger partial charge is 0.489 e. The highest BCUT2D eigenvalue weighted by atomic mass is 35.5. The molecule has 46 heavy (non-hydrogen) atoms. The van der Waals surface area contributed by atoms with Crippen LogP contribution in [0, 0.1) is 10.1 Å². The predicted molar refractivity (Wildman–Crippen MR) is 184 cm³/mol. The van der Waals surface area contributed by atoms with E-state index in [2.05, 4.69) is 58.9 Å². The number of nitrogens with one attached hydrogen (secondary N) is 1. The molecule has 2 aliphatic rings. The van der Waals surface area contributed by atoms with Gasteiger partial charge in [0.05, 0.1) is 9.95 Å². The number of nitro groups is 1. The monoisotopic (exact) mass is 645 g/mol. The zero-order valence-electron chi connectivity index (χ0n) is 27.1. The lowest BCUT2D eigenvalue weighted by molar-refractivity contribution is -0.384. The Morgan fingerprint density at radius 2 is 1.72 bits per heavy atom. The van der Waals surface area contributed by atoms with Gasteiger partial charge >= 0.3 is 0 Å². The molecule has 0 spiro atoms. The Kier molecular flexibility index (Phi) is 9.54. The summed E-state index contributed by atoms with van der Waals surface area (Å²) in [5.74, 6) is 0.504. The van der Waals surface area contributed by atoms with Crippen molar-refractivity contribution in [3.05, 3.63) is 80.9 Å². The van der Waals surface area contributed by atoms with Gasteiger partial charge in [0.2, 0.25) is 0 Å². The lowest BCUT2D eigenvalue weighted by Gasteiger charge is -2.43. The van der Waals surface area contributed by atoms with Crippen molar-refractivity contribution < 1.29 is 14.5 Å². The minimum atomic E-state index is -0.331. The summed E-state index contributed by atoms with van der Waals surface area (Å²) in [6, 6.07) is 16.9. The zero-order valence-corrected chi connectivity index (χ0v) is 27.8. The molecule has 4 aromatic rings. The van der Waals surface area contributed by atoms with Crippen LogP contribution >= 0.6 is 11.6 Å². The molecule has 0 bridgehead atoms. The van der Waals surface area contributed by atoms with Crippen molar-refractivity contribution >= 4 is 45.0 Å². The van der Waals surface area contributed by atoms with E-state index in [0.717, 1.165) is 73.7 Å². The second-order valence-electron chi connectivity index (χ2n) is 13.2. The van der Waals surface area contributed by atoms with E-state index in [4.69, 9.17) is 16.3 Å². The Balaban J connectivity index is 1.05. The number of carbonyl (C=O) groups is 1. The first-order valence-electron chi connectivity index (χ1n) is 16.5. The first-order valence-corrected chi connectivity index (χ1v) is 16.9. The lowest BCUT2D eigenvalue weighted by Crippen LogP contribution is -2.53. The second-order valence-corrected chi connectivity index (χ2v) is 13.6. The van der Waals surface area contributed by atoms with Crippen LogP contribution in [0.5, 0.6) is 5.75 Å². The van der Waals surface area contributed by atoms with Gasteiger partial charge in [0.1, 0.15) is 11.9 Å². The number of nitrogens with zero attached hydrogens (tertiary/aromatic N) is 4. The number of hydrogen-bond acceptors (Lipinski definition) is 6. The number of non-ortho nitro benzene ring substituents is 1. The molecule has 1 saturated carbocycles. The van der Waals surface area contributed by atoms with Crippen LogP contribution in [0.2, 0.25) is 5.02 Å². The number of amides is 1. The molecule has 1 aliphatic carbocycles. The van der Waals surface area contributed by atoms with Crippen LogP contribution in [-0.4, -0.2) is 70.6 Å². The molecule has 9 nitrogen and oxygen atoms in total. The molecule has 0 radical (unpaired) electrons. The average molecular weight is 646 g/mol. The van der Waals surface area contributed by atoms with E-state index in [0.29, 0.717) is 22.9 Å². The van der Waals surface area contributed by atoms with E-state index in [9.17, 15) is 14.9 Å². The van der Waals surface area contributed by atoms with E-state index >= 15 is 0 Å². The standard InChI is InChI=1S/C36H44ClN5O4/c1-4-41-32-11-8-25(20-29(32)30-22-27(42(44)45)10-12-33(30)41)23-40-18-14-28(15-19-40)46-34-13-9-26(21-31(34)37)35(43)38-24-36(39(2)3)16-6-5-7-17-36/h8-13,20-22,28H,4-7,14-19,23-24H2,1-3H3,(H,38,43). The fraction of sp³-hybridized carbons (Fsp3) is 0.472. The van der Waals surface area contributed by atoms with Crippen LogP contribution in [0.3, 0.4) is 0 Å². The molecule has 6 rings (SSSR count). The summed E-state index contributed by atoms with van der Waals surface area (Å²) in [6.45, 7) is 6.09. The number of carbonyl (C=O) groups excluding carboxylic acids is 1. The van der Waals surface area contributed by atoms with Crippen LogP contribution in [0.1, 0.15) is 67.8 Å². The van der Waals surface area contributed by atoms with Crippen molar-refractivity contribution in [3.8, 4) is 5.75 Å². The number of aryl methyl sites for hydroxylation is 1. The number of halogens is 1. The molecule has 10 heteroatoms. The van der Waals surface area contributed by atoms with Crippen molar-refractivity contribution in [2.45, 2.75) is 76.6 Å². The molecule has 2 heterocycles. The maximum atomic E-state index is 13.0. The maximum Gasteiger partial charge on any atom is 0.270 e. The van der Waals surface area contributed by atoms with Gasteiger partial charge in [0.25, 0.3) is 11.6 Å². The Morgan fingerprint density at radius 3 is 2.37 bits per heavy atom. The van der Waals surface area contributed by atoms with Crippen molar-refractivity contribution in [2.75, 3.05) is 33.7 Å². The number of aromatic nitrogens is 1. The van der Waals surface area contributed by atoms with E-state index in [1.807, 2.05) is 12.1 Å². The molecule has 2 fully saturated rings. The van der Waals surface area contributed by atoms with Crippen LogP contribution in [0.15, 0.2) is 54.6 Å². The molecule has 1 aliphatic heterocycles. The third kappa shape index (κ3) is 6.59. The highest BCUT2D eigenvalue weighted by Gasteiger charge is 2.34. The van der Waals surface area contributed by atoms with Gasteiger partial charge in [0.15, 0.2) is 0 Å². The van der Waals surface area contributed by atoms with Gasteiger partial charge in [-0.05, 0) is 88.7 Å². The molecule has 1 aromatic heterocycles. The third-order valence-corrected chi connectivity index (χ3v) is 10.5. The highest BCUT2D eigenvalue weighted by Crippen LogP contribution is 2.34. The average Bonchev–Trinajstić information content (AvgIpc) is 3.38. The summed E-state index contributed by atoms with van der Waals surface area (Å²) < 4.78 is 8.53. The number of benzene rings is 3. The fourth-order valence-corrected chi connectivity index (χ4v) is 7.62. The summed E-state index contributed by atoms with van der Waals surface area (Å²) >= 11 is 6.62. The van der Waals surface area contributed by atoms with E-state index < -0.39 is 0 Å². The van der Waals surface area contributed by atoms with Gasteiger partial charge in [-0.1, -0.05) is 36.9 Å². The van der Waals surface area contributed by atoms with Gasteiger partial charge in [0, 0.05) is 77.8 Å². The molecule has 1 amide bonds. The molecule has 3 aromatic carbocycles. The van der Waals surface area contributed by atoms with Gasteiger partial charge < -0.3 is 19.5 Å². The van der Waals surface area contributed by atoms with Crippen LogP contribution in [0.4, 0.5) is 5.69 Å². The molecule has 244 valence electrons. The van der Waals surface area contributed by atoms with Gasteiger partial charge in [-0.25, -0.2) is 0 Å². The predicted octanol–water partition coefficient (Wildman–Crippen LogP) is 7.41. The number of likely N-dealkylation sites (N-methyl/N-ethyl adjacent to an activating group) is 1. The molecule has 1 saturated heterocycles. The van der Waals surface area contributed by atoms with Crippen molar-refractivity contribution in [1.82, 2.24) is 19.7 Å². The SMILES string of the molecule is CCn1c2ccc(CN3CCC(Oc4ccc(C(=O)NCC5(N(C)C)CCCCC5)cc4Cl)CC3)cc2c2cc([N+](=O)[O-])ccc21. The first kappa shape index (κ1) is 32.3. The number of fused-ring (bicyclic) bond motifs is 3. The van der Waals surface area contributed by atoms with Gasteiger partial charge in [-0.3, -0.25) is 19.8 Å². The van der Waals surface area contributed by atoms with Crippen LogP contribution < -0.4 is 10.1 Å². The van der Waals surface area contributed by atoms with E-state index in [1.54, 1.807) is 24.3 Å². The van der Waals surface area contributed by atoms with Gasteiger partial charge in [-0.2, -0.15) is 0 Å². The summed E-state index contributed by atoms with van der Waals surface area (Å²) in [7, 11) is 4.21. The van der Waals surface area contributed by atoms with Crippen molar-refractivity contribution in [3.63, 3.8) is 0 Å². The number of rotatable bonds is 10. The number of likely N-dealkylation sites (tertiary alicyclic amines) is 1. The number of hydrogen-bond donors (Lipinski definition) is 1. The normalized spacial score (nSPS) is 17.5. The van der Waals surface area contributed by atoms with E-state index in [-0.39, 0.29) is 28.2 Å². The van der Waals surface area contributed by atoms with Crippen molar-refractivity contribution in [1.29, 1.82) is 0 Å². The fourth-order valence-electron chi connectivity index (χ4n) is 7.39. The molecule has 0 atom stereocenters. The maximum absolute atomic E-state index is 13.0. The minimum absolute atomic E-state index is 0.0149. The van der Waals surface area contributed by atoms with Crippen molar-refractivity contribution in [2.24, 2.45) is 0 Å². The lowest BCUT2D eigenvalue weighted by atomic mass is 9.80. The quantitative estimate of drug-likeness (QED) is 0.143. The third-order valence-electron chi connectivity index (χ3n) is 10.2. The second kappa shape index (κ2) is 13.6. The minimum Gasteiger partial charge on any atom is -0.489 e. The van der Waals surface area contributed by atoms with Crippen LogP contribution in [-0.2, 0) is 13.1 Å².